The maximum absolute atomic E-state index is 13.1. The average Bonchev–Trinajstić information content (AvgIpc) is 3.25. The van der Waals surface area contributed by atoms with Crippen LogP contribution in [0, 0.1) is 13.8 Å². The van der Waals surface area contributed by atoms with E-state index in [1.165, 1.54) is 11.8 Å². The Bertz CT molecular complexity index is 1390. The predicted molar refractivity (Wildman–Crippen MR) is 144 cm³/mol. The number of aryl methyl sites for hydroxylation is 2. The number of carbonyl (C=O) groups is 2. The zero-order valence-corrected chi connectivity index (χ0v) is 22.2. The van der Waals surface area contributed by atoms with Gasteiger partial charge in [0.2, 0.25) is 5.91 Å². The molecule has 36 heavy (non-hydrogen) atoms. The van der Waals surface area contributed by atoms with E-state index >= 15 is 0 Å². The number of amides is 1. The third-order valence-electron chi connectivity index (χ3n) is 5.56. The molecule has 186 valence electrons. The van der Waals surface area contributed by atoms with Crippen molar-refractivity contribution in [3.8, 4) is 5.75 Å². The van der Waals surface area contributed by atoms with Gasteiger partial charge in [-0.1, -0.05) is 72.5 Å². The highest BCUT2D eigenvalue weighted by Crippen LogP contribution is 2.33. The molecule has 0 aliphatic rings. The fourth-order valence-corrected chi connectivity index (χ4v) is 5.54. The summed E-state index contributed by atoms with van der Waals surface area (Å²) in [6, 6.07) is 17.3. The molecule has 1 N–H and O–H groups in total. The molecule has 1 amide bonds. The summed E-state index contributed by atoms with van der Waals surface area (Å²) >= 11 is 2.51. The Morgan fingerprint density at radius 1 is 1.08 bits per heavy atom. The first kappa shape index (κ1) is 25.7. The van der Waals surface area contributed by atoms with Crippen molar-refractivity contribution in [3.05, 3.63) is 76.3 Å². The number of hydrogen-bond acceptors (Lipinski definition) is 8. The van der Waals surface area contributed by atoms with Gasteiger partial charge in [0.15, 0.2) is 5.13 Å². The Balaban J connectivity index is 1.44. The quantitative estimate of drug-likeness (QED) is 0.208. The molecular formula is C27H27N3O4S2. The molecule has 9 heteroatoms. The molecule has 0 saturated carbocycles. The van der Waals surface area contributed by atoms with Crippen molar-refractivity contribution in [1.82, 2.24) is 9.97 Å². The summed E-state index contributed by atoms with van der Waals surface area (Å²) in [5.74, 6) is 0.0427. The maximum Gasteiger partial charge on any atom is 0.350 e. The standard InChI is InChI=1S/C27H27N3O4S2/c1-5-21(35-22-14-16(2)19-12-9-13-20(33-4)23(19)29-22)25(31)30-27-28-17(3)24(36-27)26(32)34-15-18-10-7-6-8-11-18/h6-14,21H,5,15H2,1-4H3,(H,28,30,31). The van der Waals surface area contributed by atoms with Crippen LogP contribution in [0.1, 0.15) is 39.8 Å². The summed E-state index contributed by atoms with van der Waals surface area (Å²) in [6.45, 7) is 5.87. The minimum atomic E-state index is -0.458. The highest BCUT2D eigenvalue weighted by atomic mass is 32.2. The van der Waals surface area contributed by atoms with Crippen LogP contribution in [0.25, 0.3) is 10.9 Å². The van der Waals surface area contributed by atoms with E-state index in [0.717, 1.165) is 38.4 Å². The Labute approximate surface area is 218 Å². The van der Waals surface area contributed by atoms with E-state index in [0.29, 0.717) is 27.9 Å². The first-order chi connectivity index (χ1) is 17.4. The summed E-state index contributed by atoms with van der Waals surface area (Å²) in [6.07, 6.45) is 0.595. The molecule has 7 nitrogen and oxygen atoms in total. The topological polar surface area (TPSA) is 90.4 Å². The van der Waals surface area contributed by atoms with Gasteiger partial charge in [-0.25, -0.2) is 14.8 Å². The van der Waals surface area contributed by atoms with E-state index in [-0.39, 0.29) is 17.8 Å². The lowest BCUT2D eigenvalue weighted by Crippen LogP contribution is -2.24. The summed E-state index contributed by atoms with van der Waals surface area (Å²) in [5, 5.41) is 4.60. The highest BCUT2D eigenvalue weighted by molar-refractivity contribution is 8.00. The maximum atomic E-state index is 13.1. The van der Waals surface area contributed by atoms with Crippen molar-refractivity contribution < 1.29 is 19.1 Å². The van der Waals surface area contributed by atoms with Crippen LogP contribution in [0.15, 0.2) is 59.6 Å². The largest absolute Gasteiger partial charge is 0.494 e. The third kappa shape index (κ3) is 5.85. The number of pyridine rings is 1. The van der Waals surface area contributed by atoms with Gasteiger partial charge in [0.05, 0.1) is 23.1 Å². The number of hydrogen-bond donors (Lipinski definition) is 1. The second kappa shape index (κ2) is 11.5. The minimum absolute atomic E-state index is 0.177. The second-order valence-electron chi connectivity index (χ2n) is 8.13. The fraction of sp³-hybridized carbons (Fsp3) is 0.259. The van der Waals surface area contributed by atoms with Crippen molar-refractivity contribution in [1.29, 1.82) is 0 Å². The molecule has 0 fully saturated rings. The van der Waals surface area contributed by atoms with Crippen LogP contribution < -0.4 is 10.1 Å². The Kier molecular flexibility index (Phi) is 8.22. The smallest absolute Gasteiger partial charge is 0.350 e. The van der Waals surface area contributed by atoms with Crippen LogP contribution in [0.4, 0.5) is 5.13 Å². The average molecular weight is 522 g/mol. The van der Waals surface area contributed by atoms with E-state index < -0.39 is 5.97 Å². The van der Waals surface area contributed by atoms with E-state index in [1.54, 1.807) is 14.0 Å². The van der Waals surface area contributed by atoms with Crippen LogP contribution in [0.2, 0.25) is 0 Å². The lowest BCUT2D eigenvalue weighted by molar-refractivity contribution is -0.115. The van der Waals surface area contributed by atoms with Crippen LogP contribution in [-0.2, 0) is 16.1 Å². The zero-order chi connectivity index (χ0) is 25.7. The summed E-state index contributed by atoms with van der Waals surface area (Å²) in [5.41, 5.74) is 3.25. The molecule has 4 aromatic rings. The van der Waals surface area contributed by atoms with E-state index in [2.05, 4.69) is 10.3 Å². The number of thiazole rings is 1. The molecule has 2 aromatic heterocycles. The van der Waals surface area contributed by atoms with Gasteiger partial charge in [-0.3, -0.25) is 4.79 Å². The zero-order valence-electron chi connectivity index (χ0n) is 20.5. The number of rotatable bonds is 9. The normalized spacial score (nSPS) is 11.8. The molecule has 0 saturated heterocycles. The van der Waals surface area contributed by atoms with Crippen LogP contribution in [-0.4, -0.2) is 34.2 Å². The number of benzene rings is 2. The predicted octanol–water partition coefficient (Wildman–Crippen LogP) is 6.18. The molecule has 2 heterocycles. The molecule has 0 spiro atoms. The van der Waals surface area contributed by atoms with Gasteiger partial charge in [-0.2, -0.15) is 0 Å². The van der Waals surface area contributed by atoms with E-state index in [1.807, 2.05) is 68.4 Å². The summed E-state index contributed by atoms with van der Waals surface area (Å²) in [7, 11) is 1.62. The molecule has 2 aromatic carbocycles. The van der Waals surface area contributed by atoms with Crippen molar-refractivity contribution in [2.24, 2.45) is 0 Å². The number of nitrogens with zero attached hydrogens (tertiary/aromatic N) is 2. The summed E-state index contributed by atoms with van der Waals surface area (Å²) < 4.78 is 10.9. The lowest BCUT2D eigenvalue weighted by atomic mass is 10.1. The van der Waals surface area contributed by atoms with Gasteiger partial charge >= 0.3 is 5.97 Å². The van der Waals surface area contributed by atoms with Gasteiger partial charge in [0, 0.05) is 5.39 Å². The molecule has 1 unspecified atom stereocenters. The number of nitrogens with one attached hydrogen (secondary N) is 1. The van der Waals surface area contributed by atoms with Crippen molar-refractivity contribution in [2.45, 2.75) is 44.1 Å². The van der Waals surface area contributed by atoms with Crippen LogP contribution >= 0.6 is 23.1 Å². The molecule has 0 radical (unpaired) electrons. The van der Waals surface area contributed by atoms with Crippen LogP contribution in [0.5, 0.6) is 5.75 Å². The molecular weight excluding hydrogens is 494 g/mol. The van der Waals surface area contributed by atoms with Gasteiger partial charge < -0.3 is 14.8 Å². The number of methoxy groups -OCH3 is 1. The monoisotopic (exact) mass is 521 g/mol. The highest BCUT2D eigenvalue weighted by Gasteiger charge is 2.23. The Morgan fingerprint density at radius 3 is 2.58 bits per heavy atom. The molecule has 0 bridgehead atoms. The van der Waals surface area contributed by atoms with Gasteiger partial charge in [0.1, 0.15) is 22.8 Å². The summed E-state index contributed by atoms with van der Waals surface area (Å²) in [4.78, 5) is 35.2. The first-order valence-corrected chi connectivity index (χ1v) is 13.2. The Hall–Kier alpha value is -3.43. The molecule has 0 aliphatic heterocycles. The third-order valence-corrected chi connectivity index (χ3v) is 7.89. The molecule has 1 atom stereocenters. The lowest BCUT2D eigenvalue weighted by Gasteiger charge is -2.15. The fourth-order valence-electron chi connectivity index (χ4n) is 3.67. The van der Waals surface area contributed by atoms with Crippen molar-refractivity contribution in [3.63, 3.8) is 0 Å². The van der Waals surface area contributed by atoms with E-state index in [9.17, 15) is 9.59 Å². The number of thioether (sulfide) groups is 1. The van der Waals surface area contributed by atoms with Gasteiger partial charge in [-0.15, -0.1) is 0 Å². The SMILES string of the molecule is CCC(Sc1cc(C)c2cccc(OC)c2n1)C(=O)Nc1nc(C)c(C(=O)OCc2ccccc2)s1. The first-order valence-electron chi connectivity index (χ1n) is 11.5. The number of anilines is 1. The second-order valence-corrected chi connectivity index (χ2v) is 10.4. The van der Waals surface area contributed by atoms with Crippen molar-refractivity contribution >= 4 is 51.0 Å². The number of carbonyl (C=O) groups excluding carboxylic acids is 2. The van der Waals surface area contributed by atoms with Gasteiger partial charge in [0.25, 0.3) is 0 Å². The number of aromatic nitrogens is 2. The van der Waals surface area contributed by atoms with Crippen molar-refractivity contribution in [2.75, 3.05) is 12.4 Å². The number of fused-ring (bicyclic) bond motifs is 1. The molecule has 4 rings (SSSR count). The molecule has 0 aliphatic carbocycles. The number of esters is 1. The number of para-hydroxylation sites is 1. The minimum Gasteiger partial charge on any atom is -0.494 e. The number of ether oxygens (including phenoxy) is 2. The Morgan fingerprint density at radius 2 is 1.86 bits per heavy atom. The van der Waals surface area contributed by atoms with E-state index in [4.69, 9.17) is 14.5 Å². The van der Waals surface area contributed by atoms with Crippen LogP contribution in [0.3, 0.4) is 0 Å². The van der Waals surface area contributed by atoms with Gasteiger partial charge in [-0.05, 0) is 43.5 Å².